The largest absolute Gasteiger partial charge is 0.496 e. The lowest BCUT2D eigenvalue weighted by Gasteiger charge is -2.03. The van der Waals surface area contributed by atoms with E-state index in [1.807, 2.05) is 24.3 Å². The van der Waals surface area contributed by atoms with Crippen molar-refractivity contribution in [3.8, 4) is 17.1 Å². The van der Waals surface area contributed by atoms with Crippen LogP contribution in [-0.2, 0) is 16.1 Å². The lowest BCUT2D eigenvalue weighted by atomic mass is 10.2. The molecule has 0 saturated carbocycles. The highest BCUT2D eigenvalue weighted by atomic mass is 35.5. The maximum Gasteiger partial charge on any atom is 0.331 e. The molecule has 0 bridgehead atoms. The minimum Gasteiger partial charge on any atom is -0.496 e. The number of benzene rings is 2. The molecule has 0 aliphatic rings. The first-order valence-corrected chi connectivity index (χ1v) is 8.10. The second-order valence-corrected chi connectivity index (χ2v) is 5.64. The highest BCUT2D eigenvalue weighted by Gasteiger charge is 2.13. The number of nitrogens with zero attached hydrogens (tertiary/aromatic N) is 2. The molecule has 0 aliphatic heterocycles. The van der Waals surface area contributed by atoms with Crippen molar-refractivity contribution < 1.29 is 18.8 Å². The van der Waals surface area contributed by atoms with E-state index in [1.54, 1.807) is 37.5 Å². The summed E-state index contributed by atoms with van der Waals surface area (Å²) in [5.41, 5.74) is 1.49. The fourth-order valence-corrected chi connectivity index (χ4v) is 2.41. The van der Waals surface area contributed by atoms with Crippen LogP contribution in [0.1, 0.15) is 11.5 Å². The van der Waals surface area contributed by atoms with Crippen LogP contribution in [0.2, 0.25) is 5.02 Å². The van der Waals surface area contributed by atoms with Crippen molar-refractivity contribution in [3.05, 3.63) is 71.1 Å². The van der Waals surface area contributed by atoms with E-state index in [2.05, 4.69) is 10.1 Å². The summed E-state index contributed by atoms with van der Waals surface area (Å²) in [6.45, 7) is -0.124. The molecular weight excluding hydrogens is 356 g/mol. The molecule has 2 aromatic carbocycles. The summed E-state index contributed by atoms with van der Waals surface area (Å²) in [7, 11) is 1.56. The van der Waals surface area contributed by atoms with Crippen LogP contribution >= 0.6 is 11.6 Å². The van der Waals surface area contributed by atoms with Crippen molar-refractivity contribution in [3.63, 3.8) is 0 Å². The highest BCUT2D eigenvalue weighted by molar-refractivity contribution is 6.30. The standard InChI is InChI=1S/C19H15ClN2O4/c1-24-16-8-3-2-7-15(16)19-21-17(26-22-19)12-25-18(23)10-9-13-5-4-6-14(20)11-13/h2-11H,12H2,1H3/b10-9+. The number of hydrogen-bond acceptors (Lipinski definition) is 6. The minimum absolute atomic E-state index is 0.124. The van der Waals surface area contributed by atoms with E-state index in [-0.39, 0.29) is 12.5 Å². The Kier molecular flexibility index (Phi) is 5.66. The van der Waals surface area contributed by atoms with Gasteiger partial charge < -0.3 is 14.0 Å². The van der Waals surface area contributed by atoms with Crippen LogP contribution in [0.4, 0.5) is 0 Å². The summed E-state index contributed by atoms with van der Waals surface area (Å²) in [5.74, 6) is 0.654. The van der Waals surface area contributed by atoms with Gasteiger partial charge in [0, 0.05) is 11.1 Å². The average molecular weight is 371 g/mol. The van der Waals surface area contributed by atoms with E-state index in [0.717, 1.165) is 5.56 Å². The summed E-state index contributed by atoms with van der Waals surface area (Å²) in [5, 5.41) is 4.48. The normalized spacial score (nSPS) is 10.8. The van der Waals surface area contributed by atoms with E-state index < -0.39 is 5.97 Å². The number of carbonyl (C=O) groups excluding carboxylic acids is 1. The molecule has 0 N–H and O–H groups in total. The van der Waals surface area contributed by atoms with Crippen molar-refractivity contribution in [2.24, 2.45) is 0 Å². The molecule has 0 aliphatic carbocycles. The van der Waals surface area contributed by atoms with Crippen LogP contribution in [0.5, 0.6) is 5.75 Å². The third-order valence-corrected chi connectivity index (χ3v) is 3.65. The van der Waals surface area contributed by atoms with Crippen LogP contribution in [0.3, 0.4) is 0 Å². The molecule has 0 radical (unpaired) electrons. The number of hydrogen-bond donors (Lipinski definition) is 0. The third-order valence-electron chi connectivity index (χ3n) is 3.41. The van der Waals surface area contributed by atoms with Gasteiger partial charge in [-0.3, -0.25) is 0 Å². The van der Waals surface area contributed by atoms with Gasteiger partial charge in [0.05, 0.1) is 12.7 Å². The molecule has 0 spiro atoms. The maximum absolute atomic E-state index is 11.8. The highest BCUT2D eigenvalue weighted by Crippen LogP contribution is 2.27. The Labute approximate surface area is 155 Å². The molecule has 0 atom stereocenters. The van der Waals surface area contributed by atoms with Gasteiger partial charge >= 0.3 is 5.97 Å². The first-order chi connectivity index (χ1) is 12.7. The van der Waals surface area contributed by atoms with Gasteiger partial charge in [-0.2, -0.15) is 4.98 Å². The van der Waals surface area contributed by atoms with E-state index >= 15 is 0 Å². The fourth-order valence-electron chi connectivity index (χ4n) is 2.21. The summed E-state index contributed by atoms with van der Waals surface area (Å²) in [6.07, 6.45) is 2.92. The first kappa shape index (κ1) is 17.7. The van der Waals surface area contributed by atoms with Gasteiger partial charge in [-0.1, -0.05) is 41.0 Å². The van der Waals surface area contributed by atoms with Crippen LogP contribution in [-0.4, -0.2) is 23.2 Å². The predicted molar refractivity (Wildman–Crippen MR) is 96.6 cm³/mol. The zero-order valence-electron chi connectivity index (χ0n) is 13.9. The number of carbonyl (C=O) groups is 1. The quantitative estimate of drug-likeness (QED) is 0.479. The van der Waals surface area contributed by atoms with E-state index in [1.165, 1.54) is 6.08 Å². The molecule has 6 nitrogen and oxygen atoms in total. The van der Waals surface area contributed by atoms with Gasteiger partial charge in [-0.05, 0) is 35.9 Å². The van der Waals surface area contributed by atoms with E-state index in [9.17, 15) is 4.79 Å². The second kappa shape index (κ2) is 8.31. The van der Waals surface area contributed by atoms with Gasteiger partial charge in [0.15, 0.2) is 6.61 Å². The van der Waals surface area contributed by atoms with Crippen molar-refractivity contribution in [2.75, 3.05) is 7.11 Å². The molecule has 26 heavy (non-hydrogen) atoms. The van der Waals surface area contributed by atoms with Crippen LogP contribution < -0.4 is 4.74 Å². The number of ether oxygens (including phenoxy) is 2. The molecule has 132 valence electrons. The summed E-state index contributed by atoms with van der Waals surface area (Å²) < 4.78 is 15.5. The van der Waals surface area contributed by atoms with Gasteiger partial charge in [0.1, 0.15) is 5.75 Å². The van der Waals surface area contributed by atoms with Gasteiger partial charge in [0.2, 0.25) is 5.82 Å². The number of rotatable bonds is 6. The molecule has 1 heterocycles. The molecule has 7 heteroatoms. The number of methoxy groups -OCH3 is 1. The molecule has 0 saturated heterocycles. The smallest absolute Gasteiger partial charge is 0.331 e. The second-order valence-electron chi connectivity index (χ2n) is 5.21. The Balaban J connectivity index is 1.60. The summed E-state index contributed by atoms with van der Waals surface area (Å²) in [6, 6.07) is 14.4. The SMILES string of the molecule is COc1ccccc1-c1noc(COC(=O)/C=C/c2cccc(Cl)c2)n1. The van der Waals surface area contributed by atoms with Crippen LogP contribution in [0.15, 0.2) is 59.1 Å². The Morgan fingerprint density at radius 2 is 2.08 bits per heavy atom. The van der Waals surface area contributed by atoms with Crippen LogP contribution in [0.25, 0.3) is 17.5 Å². The van der Waals surface area contributed by atoms with Crippen LogP contribution in [0, 0.1) is 0 Å². The van der Waals surface area contributed by atoms with Crippen molar-refractivity contribution in [2.45, 2.75) is 6.61 Å². The number of aromatic nitrogens is 2. The van der Waals surface area contributed by atoms with Crippen molar-refractivity contribution >= 4 is 23.6 Å². The van der Waals surface area contributed by atoms with E-state index in [4.69, 9.17) is 25.6 Å². The monoisotopic (exact) mass is 370 g/mol. The summed E-state index contributed by atoms with van der Waals surface area (Å²) >= 11 is 5.89. The third kappa shape index (κ3) is 4.49. The molecular formula is C19H15ClN2O4. The molecule has 3 aromatic rings. The van der Waals surface area contributed by atoms with Crippen molar-refractivity contribution in [1.82, 2.24) is 10.1 Å². The Morgan fingerprint density at radius 3 is 2.88 bits per heavy atom. The fraction of sp³-hybridized carbons (Fsp3) is 0.105. The number of para-hydroxylation sites is 1. The van der Waals surface area contributed by atoms with Gasteiger partial charge in [-0.15, -0.1) is 0 Å². The maximum atomic E-state index is 11.8. The number of esters is 1. The Morgan fingerprint density at radius 1 is 1.23 bits per heavy atom. The zero-order valence-corrected chi connectivity index (χ0v) is 14.6. The predicted octanol–water partition coefficient (Wildman–Crippen LogP) is 4.16. The lowest BCUT2D eigenvalue weighted by Crippen LogP contribution is -2.01. The van der Waals surface area contributed by atoms with Gasteiger partial charge in [0.25, 0.3) is 5.89 Å². The zero-order chi connectivity index (χ0) is 18.4. The average Bonchev–Trinajstić information content (AvgIpc) is 3.13. The van der Waals surface area contributed by atoms with Crippen molar-refractivity contribution in [1.29, 1.82) is 0 Å². The molecule has 3 rings (SSSR count). The Hall–Kier alpha value is -3.12. The number of halogens is 1. The molecule has 0 unspecified atom stereocenters. The molecule has 0 fully saturated rings. The minimum atomic E-state index is -0.526. The summed E-state index contributed by atoms with van der Waals surface area (Å²) in [4.78, 5) is 16.0. The lowest BCUT2D eigenvalue weighted by molar-refractivity contribution is -0.139. The first-order valence-electron chi connectivity index (χ1n) is 7.72. The Bertz CT molecular complexity index is 937. The topological polar surface area (TPSA) is 74.5 Å². The molecule has 0 amide bonds. The molecule has 1 aromatic heterocycles. The van der Waals surface area contributed by atoms with E-state index in [0.29, 0.717) is 22.2 Å². The van der Waals surface area contributed by atoms with Gasteiger partial charge in [-0.25, -0.2) is 4.79 Å².